The molecule has 4 rings (SSSR count). The van der Waals surface area contributed by atoms with Crippen LogP contribution in [-0.2, 0) is 18.3 Å². The fraction of sp³-hybridized carbons (Fsp3) is 0.304. The number of nitrogens with one attached hydrogen (secondary N) is 1. The molecule has 2 unspecified atom stereocenters. The van der Waals surface area contributed by atoms with E-state index in [9.17, 15) is 14.4 Å². The minimum Gasteiger partial charge on any atom is -0.423 e. The first-order valence-corrected chi connectivity index (χ1v) is 9.50. The van der Waals surface area contributed by atoms with Gasteiger partial charge in [0.25, 0.3) is 5.56 Å². The third-order valence-electron chi connectivity index (χ3n) is 5.34. The maximum absolute atomic E-state index is 13.9. The van der Waals surface area contributed by atoms with Crippen LogP contribution in [0.25, 0.3) is 10.9 Å². The molecule has 6 heteroatoms. The van der Waals surface area contributed by atoms with Gasteiger partial charge < -0.3 is 14.5 Å². The molecule has 2 aromatic carbocycles. The Labute approximate surface area is 167 Å². The van der Waals surface area contributed by atoms with Gasteiger partial charge in [0, 0.05) is 18.0 Å². The molecule has 0 radical (unpaired) electrons. The molecule has 1 aliphatic heterocycles. The lowest BCUT2D eigenvalue weighted by Crippen LogP contribution is -2.27. The molecule has 1 aromatic heterocycles. The molecular weight excluding hydrogens is 371 g/mol. The first kappa shape index (κ1) is 19.0. The van der Waals surface area contributed by atoms with E-state index in [1.165, 1.54) is 6.92 Å². The van der Waals surface area contributed by atoms with E-state index >= 15 is 0 Å². The summed E-state index contributed by atoms with van der Waals surface area (Å²) in [6, 6.07) is 12.9. The van der Waals surface area contributed by atoms with Gasteiger partial charge in [-0.3, -0.25) is 4.79 Å². The molecule has 0 fully saturated rings. The molecule has 5 nitrogen and oxygen atoms in total. The molecule has 0 bridgehead atoms. The lowest BCUT2D eigenvalue weighted by atomic mass is 9.78. The van der Waals surface area contributed by atoms with Crippen molar-refractivity contribution in [3.8, 4) is 17.6 Å². The van der Waals surface area contributed by atoms with Gasteiger partial charge in [-0.1, -0.05) is 25.1 Å². The average Bonchev–Trinajstić information content (AvgIpc) is 2.99. The Bertz CT molecular complexity index is 1210. The van der Waals surface area contributed by atoms with E-state index < -0.39 is 11.5 Å². The molecular formula is C23H21FN2O3. The molecule has 0 saturated carbocycles. The van der Waals surface area contributed by atoms with Crippen molar-refractivity contribution in [2.45, 2.75) is 45.1 Å². The molecule has 2 atom stereocenters. The van der Waals surface area contributed by atoms with E-state index in [2.05, 4.69) is 11.1 Å². The van der Waals surface area contributed by atoms with E-state index in [1.807, 2.05) is 38.1 Å². The molecule has 1 N–H and O–H groups in total. The van der Waals surface area contributed by atoms with Crippen molar-refractivity contribution in [1.82, 2.24) is 4.98 Å². The molecule has 3 aromatic rings. The van der Waals surface area contributed by atoms with Crippen LogP contribution in [0.3, 0.4) is 0 Å². The Morgan fingerprint density at radius 2 is 1.93 bits per heavy atom. The number of hydrogen-bond donors (Lipinski definition) is 1. The Kier molecular flexibility index (Phi) is 4.34. The van der Waals surface area contributed by atoms with Gasteiger partial charge in [-0.2, -0.15) is 9.65 Å². The highest BCUT2D eigenvalue weighted by Gasteiger charge is 2.37. The van der Waals surface area contributed by atoms with Gasteiger partial charge in [0.05, 0.1) is 11.5 Å². The highest BCUT2D eigenvalue weighted by molar-refractivity contribution is 5.80. The number of nitrogens with zero attached hydrogens (tertiary/aromatic N) is 1. The van der Waals surface area contributed by atoms with Crippen molar-refractivity contribution >= 4 is 10.9 Å². The Morgan fingerprint density at radius 3 is 2.66 bits per heavy atom. The minimum absolute atomic E-state index is 0.110. The van der Waals surface area contributed by atoms with E-state index in [0.29, 0.717) is 29.9 Å². The highest BCUT2D eigenvalue weighted by Crippen LogP contribution is 2.41. The van der Waals surface area contributed by atoms with Gasteiger partial charge in [0.15, 0.2) is 11.5 Å². The van der Waals surface area contributed by atoms with Crippen LogP contribution in [0.5, 0.6) is 11.5 Å². The van der Waals surface area contributed by atoms with Crippen LogP contribution in [0.1, 0.15) is 37.5 Å². The second-order valence-corrected chi connectivity index (χ2v) is 7.72. The van der Waals surface area contributed by atoms with Crippen molar-refractivity contribution < 1.29 is 13.9 Å². The fourth-order valence-corrected chi connectivity index (χ4v) is 3.71. The summed E-state index contributed by atoms with van der Waals surface area (Å²) in [7, 11) is 0. The maximum atomic E-state index is 13.9. The number of hydrogen-bond acceptors (Lipinski definition) is 4. The van der Waals surface area contributed by atoms with Crippen LogP contribution in [0, 0.1) is 11.3 Å². The molecule has 0 amide bonds. The van der Waals surface area contributed by atoms with Crippen molar-refractivity contribution in [2.24, 2.45) is 0 Å². The number of halogens is 1. The number of rotatable bonds is 4. The van der Waals surface area contributed by atoms with Crippen LogP contribution in [0.15, 0.2) is 47.3 Å². The van der Waals surface area contributed by atoms with Gasteiger partial charge in [0.2, 0.25) is 0 Å². The summed E-state index contributed by atoms with van der Waals surface area (Å²) in [5, 5.41) is 10.9. The van der Waals surface area contributed by atoms with Crippen molar-refractivity contribution in [1.29, 1.82) is 5.26 Å². The third kappa shape index (κ3) is 3.44. The zero-order valence-electron chi connectivity index (χ0n) is 16.5. The monoisotopic (exact) mass is 392 g/mol. The summed E-state index contributed by atoms with van der Waals surface area (Å²) in [4.78, 5) is 15.1. The van der Waals surface area contributed by atoms with Gasteiger partial charge in [0.1, 0.15) is 0 Å². The topological polar surface area (TPSA) is 75.1 Å². The van der Waals surface area contributed by atoms with E-state index in [0.717, 1.165) is 22.1 Å². The lowest BCUT2D eigenvalue weighted by molar-refractivity contribution is -0.173. The summed E-state index contributed by atoms with van der Waals surface area (Å²) in [5.41, 5.74) is 2.09. The van der Waals surface area contributed by atoms with Crippen LogP contribution < -0.4 is 15.0 Å². The van der Waals surface area contributed by atoms with Crippen LogP contribution in [0.2, 0.25) is 0 Å². The number of aromatic amines is 1. The Balaban J connectivity index is 1.69. The Morgan fingerprint density at radius 1 is 1.17 bits per heavy atom. The van der Waals surface area contributed by atoms with Gasteiger partial charge >= 0.3 is 6.04 Å². The quantitative estimate of drug-likeness (QED) is 0.708. The number of ether oxygens (including phenoxy) is 2. The van der Waals surface area contributed by atoms with Crippen LogP contribution in [0.4, 0.5) is 4.39 Å². The third-order valence-corrected chi connectivity index (χ3v) is 5.34. The lowest BCUT2D eigenvalue weighted by Gasteiger charge is -2.23. The number of pyridine rings is 1. The normalized spacial score (nSPS) is 19.7. The zero-order chi connectivity index (χ0) is 20.8. The van der Waals surface area contributed by atoms with Gasteiger partial charge in [-0.05, 0) is 60.5 Å². The molecule has 29 heavy (non-hydrogen) atoms. The minimum atomic E-state index is -2.18. The average molecular weight is 392 g/mol. The highest BCUT2D eigenvalue weighted by atomic mass is 19.2. The van der Waals surface area contributed by atoms with E-state index in [4.69, 9.17) is 9.47 Å². The standard InChI is InChI=1S/C23H21FN2O3/c1-4-15-10-16-6-7-17(11-18(16)26-21(15)27)22(2,13-25)12-14-5-8-19-20(9-14)29-23(3,24)28-19/h5-11H,4,12H2,1-3H3,(H,26,27). The molecule has 0 aliphatic carbocycles. The molecule has 2 heterocycles. The van der Waals surface area contributed by atoms with E-state index in [1.54, 1.807) is 18.2 Å². The summed E-state index contributed by atoms with van der Waals surface area (Å²) in [5.74, 6) is 0.662. The number of aromatic nitrogens is 1. The predicted molar refractivity (Wildman–Crippen MR) is 108 cm³/mol. The van der Waals surface area contributed by atoms with Crippen LogP contribution in [-0.4, -0.2) is 11.0 Å². The fourth-order valence-electron chi connectivity index (χ4n) is 3.71. The number of H-pyrrole nitrogens is 1. The summed E-state index contributed by atoms with van der Waals surface area (Å²) in [6.45, 7) is 4.98. The van der Waals surface area contributed by atoms with Crippen LogP contribution >= 0.6 is 0 Å². The Hall–Kier alpha value is -3.33. The smallest absolute Gasteiger partial charge is 0.404 e. The second kappa shape index (κ2) is 6.63. The summed E-state index contributed by atoms with van der Waals surface area (Å²) < 4.78 is 24.2. The van der Waals surface area contributed by atoms with Crippen molar-refractivity contribution in [3.63, 3.8) is 0 Å². The number of benzene rings is 2. The zero-order valence-corrected chi connectivity index (χ0v) is 16.5. The first-order chi connectivity index (χ1) is 13.7. The number of nitriles is 1. The largest absolute Gasteiger partial charge is 0.423 e. The molecule has 0 saturated heterocycles. The number of aryl methyl sites for hydroxylation is 1. The second-order valence-electron chi connectivity index (χ2n) is 7.72. The SMILES string of the molecule is CCc1cc2ccc(C(C)(C#N)Cc3ccc4c(c3)OC(C)(F)O4)cc2[nH]c1=O. The summed E-state index contributed by atoms with van der Waals surface area (Å²) >= 11 is 0. The number of fused-ring (bicyclic) bond motifs is 2. The molecule has 1 aliphatic rings. The van der Waals surface area contributed by atoms with Crippen molar-refractivity contribution in [2.75, 3.05) is 0 Å². The molecule has 148 valence electrons. The maximum Gasteiger partial charge on any atom is 0.404 e. The first-order valence-electron chi connectivity index (χ1n) is 9.50. The molecule has 0 spiro atoms. The number of alkyl halides is 1. The van der Waals surface area contributed by atoms with E-state index in [-0.39, 0.29) is 5.56 Å². The van der Waals surface area contributed by atoms with Crippen molar-refractivity contribution in [3.05, 3.63) is 69.5 Å². The van der Waals surface area contributed by atoms with Gasteiger partial charge in [-0.15, -0.1) is 0 Å². The predicted octanol–water partition coefficient (Wildman–Crippen LogP) is 4.53. The van der Waals surface area contributed by atoms with Gasteiger partial charge in [-0.25, -0.2) is 0 Å². The summed E-state index contributed by atoms with van der Waals surface area (Å²) in [6.07, 6.45) is 1.05.